The molecule has 1 aromatic heterocycles. The molecule has 1 unspecified atom stereocenters. The van der Waals surface area contributed by atoms with E-state index in [9.17, 15) is 5.11 Å². The van der Waals surface area contributed by atoms with Crippen LogP contribution in [0.15, 0.2) is 30.5 Å². The van der Waals surface area contributed by atoms with Crippen LogP contribution in [0.5, 0.6) is 5.75 Å². The van der Waals surface area contributed by atoms with E-state index >= 15 is 0 Å². The summed E-state index contributed by atoms with van der Waals surface area (Å²) in [6.07, 6.45) is 1.94. The molecule has 19 heavy (non-hydrogen) atoms. The van der Waals surface area contributed by atoms with Gasteiger partial charge in [-0.25, -0.2) is 0 Å². The van der Waals surface area contributed by atoms with Crippen molar-refractivity contribution in [3.05, 3.63) is 47.3 Å². The van der Waals surface area contributed by atoms with Gasteiger partial charge in [-0.3, -0.25) is 4.68 Å². The largest absolute Gasteiger partial charge is 0.493 e. The number of hydrogen-bond donors (Lipinski definition) is 1. The first-order valence-electron chi connectivity index (χ1n) is 6.53. The molecule has 0 aliphatic carbocycles. The Labute approximate surface area is 113 Å². The normalized spacial score (nSPS) is 12.4. The van der Waals surface area contributed by atoms with Gasteiger partial charge in [0.15, 0.2) is 0 Å². The number of benzene rings is 1. The number of nitrogens with zero attached hydrogens (tertiary/aromatic N) is 2. The Morgan fingerprint density at radius 1 is 1.32 bits per heavy atom. The van der Waals surface area contributed by atoms with Crippen molar-refractivity contribution in [3.8, 4) is 5.75 Å². The Bertz CT molecular complexity index is 549. The molecule has 0 aliphatic heterocycles. The van der Waals surface area contributed by atoms with Gasteiger partial charge in [0.1, 0.15) is 11.9 Å². The second-order valence-corrected chi connectivity index (χ2v) is 4.60. The summed E-state index contributed by atoms with van der Waals surface area (Å²) >= 11 is 0. The number of aliphatic hydroxyl groups excluding tert-OH is 1. The quantitative estimate of drug-likeness (QED) is 0.899. The van der Waals surface area contributed by atoms with Crippen LogP contribution in [0.3, 0.4) is 0 Å². The van der Waals surface area contributed by atoms with Crippen molar-refractivity contribution in [1.82, 2.24) is 9.78 Å². The molecule has 0 fully saturated rings. The third-order valence-corrected chi connectivity index (χ3v) is 3.24. The first-order chi connectivity index (χ1) is 9.15. The van der Waals surface area contributed by atoms with Gasteiger partial charge >= 0.3 is 0 Å². The van der Waals surface area contributed by atoms with Crippen LogP contribution in [0.2, 0.25) is 0 Å². The molecule has 102 valence electrons. The summed E-state index contributed by atoms with van der Waals surface area (Å²) in [5.74, 6) is 0.736. The third-order valence-electron chi connectivity index (χ3n) is 3.24. The van der Waals surface area contributed by atoms with Crippen LogP contribution in [-0.2, 0) is 7.05 Å². The van der Waals surface area contributed by atoms with Gasteiger partial charge in [0.05, 0.1) is 12.8 Å². The summed E-state index contributed by atoms with van der Waals surface area (Å²) in [6, 6.07) is 7.60. The van der Waals surface area contributed by atoms with E-state index in [2.05, 4.69) is 12.0 Å². The Morgan fingerprint density at radius 3 is 2.68 bits per heavy atom. The first-order valence-corrected chi connectivity index (χ1v) is 6.53. The van der Waals surface area contributed by atoms with E-state index in [0.717, 1.165) is 29.0 Å². The lowest BCUT2D eigenvalue weighted by Crippen LogP contribution is -2.06. The number of aryl methyl sites for hydroxylation is 1. The molecule has 4 nitrogen and oxygen atoms in total. The van der Waals surface area contributed by atoms with E-state index in [-0.39, 0.29) is 0 Å². The lowest BCUT2D eigenvalue weighted by atomic mass is 10.0. The van der Waals surface area contributed by atoms with Crippen molar-refractivity contribution in [1.29, 1.82) is 0 Å². The molecule has 1 heterocycles. The van der Waals surface area contributed by atoms with Crippen LogP contribution >= 0.6 is 0 Å². The SMILES string of the molecule is CCCOc1ccccc1C(O)c1cnn(C)c1C. The lowest BCUT2D eigenvalue weighted by molar-refractivity contribution is 0.210. The molecular weight excluding hydrogens is 240 g/mol. The van der Waals surface area contributed by atoms with Gasteiger partial charge in [-0.1, -0.05) is 25.1 Å². The summed E-state index contributed by atoms with van der Waals surface area (Å²) in [6.45, 7) is 4.65. The molecule has 0 saturated carbocycles. The van der Waals surface area contributed by atoms with Crippen LogP contribution < -0.4 is 4.74 Å². The Morgan fingerprint density at radius 2 is 2.05 bits per heavy atom. The highest BCUT2D eigenvalue weighted by atomic mass is 16.5. The van der Waals surface area contributed by atoms with Gasteiger partial charge in [-0.05, 0) is 19.4 Å². The number of aliphatic hydroxyl groups is 1. The topological polar surface area (TPSA) is 47.3 Å². The van der Waals surface area contributed by atoms with E-state index in [1.54, 1.807) is 10.9 Å². The highest BCUT2D eigenvalue weighted by Gasteiger charge is 2.19. The molecule has 1 atom stereocenters. The highest BCUT2D eigenvalue weighted by Crippen LogP contribution is 2.31. The van der Waals surface area contributed by atoms with Crippen LogP contribution in [-0.4, -0.2) is 21.5 Å². The molecule has 0 radical (unpaired) electrons. The number of para-hydroxylation sites is 1. The number of aromatic nitrogens is 2. The van der Waals surface area contributed by atoms with Crippen LogP contribution in [0, 0.1) is 6.92 Å². The maximum Gasteiger partial charge on any atom is 0.125 e. The highest BCUT2D eigenvalue weighted by molar-refractivity contribution is 5.40. The molecule has 4 heteroatoms. The second-order valence-electron chi connectivity index (χ2n) is 4.60. The maximum atomic E-state index is 10.5. The number of hydrogen-bond acceptors (Lipinski definition) is 3. The van der Waals surface area contributed by atoms with Crippen molar-refractivity contribution >= 4 is 0 Å². The van der Waals surface area contributed by atoms with Crippen molar-refractivity contribution in [2.75, 3.05) is 6.61 Å². The van der Waals surface area contributed by atoms with E-state index in [0.29, 0.717) is 6.61 Å². The fourth-order valence-electron chi connectivity index (χ4n) is 2.00. The minimum absolute atomic E-state index is 0.649. The Hall–Kier alpha value is -1.81. The van der Waals surface area contributed by atoms with Gasteiger partial charge in [0.2, 0.25) is 0 Å². The predicted molar refractivity (Wildman–Crippen MR) is 74.2 cm³/mol. The van der Waals surface area contributed by atoms with E-state index in [4.69, 9.17) is 4.74 Å². The fraction of sp³-hybridized carbons (Fsp3) is 0.400. The molecule has 0 saturated heterocycles. The molecule has 0 bridgehead atoms. The molecule has 0 amide bonds. The van der Waals surface area contributed by atoms with Gasteiger partial charge in [0.25, 0.3) is 0 Å². The molecule has 2 aromatic rings. The van der Waals surface area contributed by atoms with Gasteiger partial charge in [-0.2, -0.15) is 5.10 Å². The minimum atomic E-state index is -0.707. The van der Waals surface area contributed by atoms with Crippen molar-refractivity contribution < 1.29 is 9.84 Å². The van der Waals surface area contributed by atoms with Crippen LogP contribution in [0.1, 0.15) is 36.3 Å². The van der Waals surface area contributed by atoms with Crippen LogP contribution in [0.4, 0.5) is 0 Å². The van der Waals surface area contributed by atoms with Crippen molar-refractivity contribution in [2.45, 2.75) is 26.4 Å². The molecule has 2 rings (SSSR count). The second kappa shape index (κ2) is 5.89. The minimum Gasteiger partial charge on any atom is -0.493 e. The number of ether oxygens (including phenoxy) is 1. The average molecular weight is 260 g/mol. The summed E-state index contributed by atoms with van der Waals surface area (Å²) < 4.78 is 7.45. The summed E-state index contributed by atoms with van der Waals surface area (Å²) in [7, 11) is 1.87. The fourth-order valence-corrected chi connectivity index (χ4v) is 2.00. The molecular formula is C15H20N2O2. The summed E-state index contributed by atoms with van der Waals surface area (Å²) in [5.41, 5.74) is 2.56. The van der Waals surface area contributed by atoms with E-state index in [1.165, 1.54) is 0 Å². The van der Waals surface area contributed by atoms with Crippen molar-refractivity contribution in [2.24, 2.45) is 7.05 Å². The van der Waals surface area contributed by atoms with E-state index in [1.807, 2.05) is 38.2 Å². The van der Waals surface area contributed by atoms with Gasteiger partial charge in [0, 0.05) is 23.9 Å². The third kappa shape index (κ3) is 2.79. The van der Waals surface area contributed by atoms with E-state index < -0.39 is 6.10 Å². The lowest BCUT2D eigenvalue weighted by Gasteiger charge is -2.15. The van der Waals surface area contributed by atoms with Gasteiger partial charge < -0.3 is 9.84 Å². The predicted octanol–water partition coefficient (Wildman–Crippen LogP) is 2.60. The standard InChI is InChI=1S/C15H20N2O2/c1-4-9-19-14-8-6-5-7-12(14)15(18)13-10-16-17(3)11(13)2/h5-8,10,15,18H,4,9H2,1-3H3. The monoisotopic (exact) mass is 260 g/mol. The van der Waals surface area contributed by atoms with Crippen LogP contribution in [0.25, 0.3) is 0 Å². The molecule has 0 spiro atoms. The maximum absolute atomic E-state index is 10.5. The zero-order chi connectivity index (χ0) is 13.8. The Kier molecular flexibility index (Phi) is 4.22. The zero-order valence-electron chi connectivity index (χ0n) is 11.6. The molecule has 1 N–H and O–H groups in total. The summed E-state index contributed by atoms with van der Waals surface area (Å²) in [5, 5.41) is 14.7. The molecule has 1 aromatic carbocycles. The average Bonchev–Trinajstić information content (AvgIpc) is 2.76. The van der Waals surface area contributed by atoms with Gasteiger partial charge in [-0.15, -0.1) is 0 Å². The van der Waals surface area contributed by atoms with Crippen molar-refractivity contribution in [3.63, 3.8) is 0 Å². The zero-order valence-corrected chi connectivity index (χ0v) is 11.6. The number of rotatable bonds is 5. The Balaban J connectivity index is 2.33. The molecule has 0 aliphatic rings. The summed E-state index contributed by atoms with van der Waals surface area (Å²) in [4.78, 5) is 0. The first kappa shape index (κ1) is 13.6. The smallest absolute Gasteiger partial charge is 0.125 e.